The monoisotopic (exact) mass is 404 g/mol. The van der Waals surface area contributed by atoms with Crippen molar-refractivity contribution >= 4 is 12.0 Å². The van der Waals surface area contributed by atoms with Crippen LogP contribution in [0.5, 0.6) is 0 Å². The number of likely N-dealkylation sites (tertiary alicyclic amines) is 1. The van der Waals surface area contributed by atoms with Crippen molar-refractivity contribution in [3.63, 3.8) is 0 Å². The van der Waals surface area contributed by atoms with Gasteiger partial charge in [0.2, 0.25) is 0 Å². The van der Waals surface area contributed by atoms with Gasteiger partial charge in [-0.15, -0.1) is 0 Å². The molecule has 0 amide bonds. The maximum Gasteiger partial charge on any atom is 0.335 e. The Hall–Kier alpha value is -2.43. The van der Waals surface area contributed by atoms with E-state index in [1.54, 1.807) is 17.7 Å². The second-order valence-electron chi connectivity index (χ2n) is 8.74. The Morgan fingerprint density at radius 1 is 1.13 bits per heavy atom. The number of hydrogen-bond donors (Lipinski definition) is 2. The Balaban J connectivity index is 1.13. The van der Waals surface area contributed by atoms with Crippen LogP contribution in [0.4, 0.5) is 0 Å². The first-order chi connectivity index (χ1) is 14.6. The van der Waals surface area contributed by atoms with Crippen LogP contribution in [0.1, 0.15) is 47.7 Å². The molecule has 4 nitrogen and oxygen atoms in total. The van der Waals surface area contributed by atoms with Crippen molar-refractivity contribution in [2.45, 2.75) is 38.8 Å². The van der Waals surface area contributed by atoms with E-state index in [1.807, 2.05) is 12.1 Å². The van der Waals surface area contributed by atoms with Gasteiger partial charge in [-0.2, -0.15) is 0 Å². The molecule has 0 radical (unpaired) electrons. The molecule has 2 aromatic rings. The molecule has 30 heavy (non-hydrogen) atoms. The summed E-state index contributed by atoms with van der Waals surface area (Å²) >= 11 is 0. The molecule has 1 heterocycles. The molecule has 0 bridgehead atoms. The van der Waals surface area contributed by atoms with Crippen molar-refractivity contribution in [1.82, 2.24) is 10.2 Å². The molecule has 0 spiro atoms. The number of nitrogens with zero attached hydrogens (tertiary/aromatic N) is 1. The molecule has 1 aliphatic heterocycles. The maximum atomic E-state index is 10.9. The van der Waals surface area contributed by atoms with Crippen LogP contribution in [0.2, 0.25) is 0 Å². The third-order valence-electron chi connectivity index (χ3n) is 6.43. The van der Waals surface area contributed by atoms with Gasteiger partial charge in [-0.3, -0.25) is 4.90 Å². The van der Waals surface area contributed by atoms with Gasteiger partial charge in [0.1, 0.15) is 0 Å². The van der Waals surface area contributed by atoms with Crippen molar-refractivity contribution in [3.8, 4) is 0 Å². The van der Waals surface area contributed by atoms with Gasteiger partial charge in [-0.1, -0.05) is 61.0 Å². The zero-order chi connectivity index (χ0) is 20.9. The van der Waals surface area contributed by atoms with Crippen molar-refractivity contribution in [2.75, 3.05) is 19.6 Å². The quantitative estimate of drug-likeness (QED) is 0.604. The van der Waals surface area contributed by atoms with E-state index in [1.165, 1.54) is 24.0 Å². The van der Waals surface area contributed by atoms with Gasteiger partial charge in [0.15, 0.2) is 0 Å². The predicted octanol–water partition coefficient (Wildman–Crippen LogP) is 4.68. The highest BCUT2D eigenvalue weighted by molar-refractivity contribution is 5.87. The van der Waals surface area contributed by atoms with Crippen LogP contribution in [-0.4, -0.2) is 41.7 Å². The minimum Gasteiger partial charge on any atom is -0.478 e. The molecule has 2 atom stereocenters. The van der Waals surface area contributed by atoms with Crippen molar-refractivity contribution in [2.24, 2.45) is 11.8 Å². The van der Waals surface area contributed by atoms with Gasteiger partial charge in [0.05, 0.1) is 5.56 Å². The standard InChI is InChI=1S/C26H32N2O2/c1-2-22(14-19-6-4-3-5-7-19)24-15-25(24)27-13-12-21-17-28(18-21)16-20-8-10-23(11-9-20)26(29)30/h3-11,14,21,24-25,27H,2,12-13,15-18H2,1H3,(H,29,30)/b22-14+/t24-,25+/m0/s1. The number of carboxylic acid groups (broad SMARTS) is 1. The van der Waals surface area contributed by atoms with Crippen LogP contribution in [-0.2, 0) is 6.54 Å². The molecule has 1 aliphatic carbocycles. The summed E-state index contributed by atoms with van der Waals surface area (Å²) in [4.78, 5) is 13.4. The summed E-state index contributed by atoms with van der Waals surface area (Å²) in [6, 6.07) is 18.6. The first-order valence-corrected chi connectivity index (χ1v) is 11.2. The number of hydrogen-bond acceptors (Lipinski definition) is 3. The fourth-order valence-electron chi connectivity index (χ4n) is 4.54. The smallest absolute Gasteiger partial charge is 0.335 e. The maximum absolute atomic E-state index is 10.9. The van der Waals surface area contributed by atoms with Gasteiger partial charge in [0, 0.05) is 25.7 Å². The topological polar surface area (TPSA) is 52.6 Å². The average Bonchev–Trinajstić information content (AvgIpc) is 3.50. The molecular weight excluding hydrogens is 372 g/mol. The number of rotatable bonds is 10. The summed E-state index contributed by atoms with van der Waals surface area (Å²) in [7, 11) is 0. The van der Waals surface area contributed by atoms with E-state index in [0.29, 0.717) is 17.5 Å². The molecule has 1 saturated heterocycles. The Morgan fingerprint density at radius 3 is 2.53 bits per heavy atom. The van der Waals surface area contributed by atoms with E-state index in [0.717, 1.165) is 38.5 Å². The first kappa shape index (κ1) is 20.8. The molecule has 4 rings (SSSR count). The van der Waals surface area contributed by atoms with Gasteiger partial charge in [-0.25, -0.2) is 4.79 Å². The van der Waals surface area contributed by atoms with Crippen LogP contribution in [0, 0.1) is 11.8 Å². The Bertz CT molecular complexity index is 870. The van der Waals surface area contributed by atoms with Crippen LogP contribution < -0.4 is 5.32 Å². The third kappa shape index (κ3) is 5.38. The van der Waals surface area contributed by atoms with E-state index < -0.39 is 5.97 Å². The number of nitrogens with one attached hydrogen (secondary N) is 1. The molecule has 2 fully saturated rings. The van der Waals surface area contributed by atoms with E-state index >= 15 is 0 Å². The molecule has 2 aliphatic rings. The zero-order valence-corrected chi connectivity index (χ0v) is 17.8. The number of benzene rings is 2. The van der Waals surface area contributed by atoms with Crippen LogP contribution in [0.15, 0.2) is 60.2 Å². The molecule has 4 heteroatoms. The summed E-state index contributed by atoms with van der Waals surface area (Å²) in [6.45, 7) is 6.57. The van der Waals surface area contributed by atoms with E-state index in [4.69, 9.17) is 5.11 Å². The summed E-state index contributed by atoms with van der Waals surface area (Å²) in [5, 5.41) is 12.8. The van der Waals surface area contributed by atoms with Gasteiger partial charge >= 0.3 is 5.97 Å². The molecule has 0 aromatic heterocycles. The lowest BCUT2D eigenvalue weighted by Gasteiger charge is -2.39. The minimum absolute atomic E-state index is 0.356. The largest absolute Gasteiger partial charge is 0.478 e. The third-order valence-corrected chi connectivity index (χ3v) is 6.43. The fraction of sp³-hybridized carbons (Fsp3) is 0.423. The summed E-state index contributed by atoms with van der Waals surface area (Å²) in [6.07, 6.45) is 6.01. The normalized spacial score (nSPS) is 22.0. The lowest BCUT2D eigenvalue weighted by molar-refractivity contribution is 0.0696. The summed E-state index contributed by atoms with van der Waals surface area (Å²) in [5.41, 5.74) is 4.43. The second-order valence-corrected chi connectivity index (χ2v) is 8.74. The van der Waals surface area contributed by atoms with Crippen LogP contribution >= 0.6 is 0 Å². The highest BCUT2D eigenvalue weighted by atomic mass is 16.4. The molecule has 2 aromatic carbocycles. The SMILES string of the molecule is CC/C(=C\c1ccccc1)[C@@H]1C[C@H]1NCCC1CN(Cc2ccc(C(=O)O)cc2)C1. The molecule has 2 N–H and O–H groups in total. The van der Waals surface area contributed by atoms with Gasteiger partial charge in [-0.05, 0) is 60.9 Å². The second kappa shape index (κ2) is 9.59. The van der Waals surface area contributed by atoms with Crippen molar-refractivity contribution in [1.29, 1.82) is 0 Å². The molecular formula is C26H32N2O2. The fourth-order valence-corrected chi connectivity index (χ4v) is 4.54. The van der Waals surface area contributed by atoms with Crippen molar-refractivity contribution < 1.29 is 9.90 Å². The Morgan fingerprint density at radius 2 is 1.87 bits per heavy atom. The minimum atomic E-state index is -0.863. The zero-order valence-electron chi connectivity index (χ0n) is 17.8. The van der Waals surface area contributed by atoms with Gasteiger partial charge < -0.3 is 10.4 Å². The predicted molar refractivity (Wildman–Crippen MR) is 121 cm³/mol. The number of carbonyl (C=O) groups is 1. The van der Waals surface area contributed by atoms with E-state index in [9.17, 15) is 4.79 Å². The molecule has 158 valence electrons. The Kier molecular flexibility index (Phi) is 6.66. The number of aromatic carboxylic acids is 1. The average molecular weight is 405 g/mol. The highest BCUT2D eigenvalue weighted by Gasteiger charge is 2.38. The Labute approximate surface area is 179 Å². The lowest BCUT2D eigenvalue weighted by atomic mass is 9.95. The highest BCUT2D eigenvalue weighted by Crippen LogP contribution is 2.39. The summed E-state index contributed by atoms with van der Waals surface area (Å²) < 4.78 is 0. The van der Waals surface area contributed by atoms with Crippen LogP contribution in [0.25, 0.3) is 6.08 Å². The number of carboxylic acids is 1. The molecule has 0 unspecified atom stereocenters. The van der Waals surface area contributed by atoms with Crippen LogP contribution in [0.3, 0.4) is 0 Å². The first-order valence-electron chi connectivity index (χ1n) is 11.2. The van der Waals surface area contributed by atoms with Crippen molar-refractivity contribution in [3.05, 3.63) is 76.9 Å². The lowest BCUT2D eigenvalue weighted by Crippen LogP contribution is -2.46. The molecule has 1 saturated carbocycles. The summed E-state index contributed by atoms with van der Waals surface area (Å²) in [5.74, 6) is 0.623. The van der Waals surface area contributed by atoms with E-state index in [2.05, 4.69) is 53.5 Å². The van der Waals surface area contributed by atoms with E-state index in [-0.39, 0.29) is 0 Å². The van der Waals surface area contributed by atoms with Gasteiger partial charge in [0.25, 0.3) is 0 Å².